The second-order valence-corrected chi connectivity index (χ2v) is 12.7. The fourth-order valence-corrected chi connectivity index (χ4v) is 6.27. The van der Waals surface area contributed by atoms with Gasteiger partial charge in [-0.3, -0.25) is 19.2 Å². The zero-order valence-electron chi connectivity index (χ0n) is 24.7. The number of aliphatic hydroxyl groups excluding tert-OH is 1. The van der Waals surface area contributed by atoms with E-state index in [-0.39, 0.29) is 87.0 Å². The molecule has 41 heavy (non-hydrogen) atoms. The van der Waals surface area contributed by atoms with Crippen LogP contribution in [0, 0.1) is 61.3 Å². The number of ether oxygens (including phenoxy) is 4. The molecule has 1 aromatic heterocycles. The number of Topliss-reactive ketones (excluding diaryl/α,β-unsaturated/α-hetero) is 1. The summed E-state index contributed by atoms with van der Waals surface area (Å²) < 4.78 is 22.7. The van der Waals surface area contributed by atoms with Gasteiger partial charge in [0.2, 0.25) is 0 Å². The Balaban J connectivity index is 0.00000588. The Labute approximate surface area is 281 Å². The first-order valence-electron chi connectivity index (χ1n) is 13.7. The number of aromatic nitrogens is 1. The number of nitrogens with zero attached hydrogens (tertiary/aromatic N) is 1. The first-order chi connectivity index (χ1) is 18.9. The number of hydrogen-bond donors (Lipinski definition) is 1. The SMILES string of the molecule is C/C(=C\c1csc(CO)n1)C1CC2OC2(C)CCCC(C)C(OC=O)C(C)C(=O)C(C)(C)C(OC=O)CC(=O)O1.[Ac]. The number of carbonyl (C=O) groups excluding carboxylic acids is 4. The van der Waals surface area contributed by atoms with Gasteiger partial charge in [-0.05, 0) is 58.1 Å². The molecular weight excluding hydrogens is 765 g/mol. The number of fused-ring (bicyclic) bond motifs is 1. The Kier molecular flexibility index (Phi) is 13.6. The minimum atomic E-state index is -1.26. The van der Waals surface area contributed by atoms with Gasteiger partial charge in [-0.1, -0.05) is 20.3 Å². The summed E-state index contributed by atoms with van der Waals surface area (Å²) in [6.45, 7) is 11.2. The zero-order valence-corrected chi connectivity index (χ0v) is 30.2. The minimum Gasteiger partial charge on any atom is -0.464 e. The third kappa shape index (κ3) is 9.15. The molecule has 2 aliphatic heterocycles. The maximum absolute atomic E-state index is 13.7. The van der Waals surface area contributed by atoms with Crippen LogP contribution in [-0.2, 0) is 44.7 Å². The van der Waals surface area contributed by atoms with Crippen LogP contribution in [-0.4, -0.2) is 64.8 Å². The molecule has 0 amide bonds. The van der Waals surface area contributed by atoms with Crippen LogP contribution < -0.4 is 0 Å². The van der Waals surface area contributed by atoms with Crippen molar-refractivity contribution in [1.29, 1.82) is 0 Å². The third-order valence-electron chi connectivity index (χ3n) is 8.35. The predicted octanol–water partition coefficient (Wildman–Crippen LogP) is 4.02. The fourth-order valence-electron chi connectivity index (χ4n) is 5.66. The summed E-state index contributed by atoms with van der Waals surface area (Å²) in [5, 5.41) is 11.8. The van der Waals surface area contributed by atoms with Gasteiger partial charge in [-0.15, -0.1) is 11.3 Å². The molecule has 3 rings (SSSR count). The maximum atomic E-state index is 13.7. The standard InChI is InChI=1S/C29H41NO9S.Ac/c1-17-8-7-9-29(6)23(39-29)11-21(18(2)10-20-14-40-24(13-31)30-20)38-25(34)12-22(36-15-32)28(4,5)27(35)19(3)26(17)37-16-33;/h10,14-17,19,21-23,26,31H,7-9,11-13H2,1-6H3;/b18-10+;. The van der Waals surface area contributed by atoms with Gasteiger partial charge in [0.25, 0.3) is 12.9 Å². The van der Waals surface area contributed by atoms with Crippen molar-refractivity contribution in [3.63, 3.8) is 0 Å². The zero-order chi connectivity index (χ0) is 29.7. The van der Waals surface area contributed by atoms with E-state index in [1.807, 2.05) is 32.2 Å². The van der Waals surface area contributed by atoms with Gasteiger partial charge in [-0.25, -0.2) is 4.98 Å². The summed E-state index contributed by atoms with van der Waals surface area (Å²) in [5.41, 5.74) is -0.250. The van der Waals surface area contributed by atoms with E-state index in [9.17, 15) is 24.3 Å². The molecule has 2 saturated heterocycles. The van der Waals surface area contributed by atoms with Gasteiger partial charge in [0, 0.05) is 55.9 Å². The fraction of sp³-hybridized carbons (Fsp3) is 0.690. The predicted molar refractivity (Wildman–Crippen MR) is 147 cm³/mol. The minimum absolute atomic E-state index is 0. The van der Waals surface area contributed by atoms with Crippen molar-refractivity contribution < 1.29 is 87.3 Å². The van der Waals surface area contributed by atoms with E-state index in [1.54, 1.807) is 20.8 Å². The molecule has 1 aromatic rings. The molecule has 12 heteroatoms. The first kappa shape index (κ1) is 36.0. The Hall–Kier alpha value is -1.19. The second-order valence-electron chi connectivity index (χ2n) is 11.7. The topological polar surface area (TPSA) is 142 Å². The molecule has 0 aromatic carbocycles. The van der Waals surface area contributed by atoms with Gasteiger partial charge in [0.05, 0.1) is 41.8 Å². The molecule has 3 heterocycles. The van der Waals surface area contributed by atoms with Crippen LogP contribution in [0.2, 0.25) is 0 Å². The smallest absolute Gasteiger partial charge is 0.310 e. The molecule has 7 atom stereocenters. The summed E-state index contributed by atoms with van der Waals surface area (Å²) in [6, 6.07) is 0. The molecule has 0 aliphatic carbocycles. The van der Waals surface area contributed by atoms with E-state index in [0.717, 1.165) is 18.4 Å². The van der Waals surface area contributed by atoms with Crippen molar-refractivity contribution in [1.82, 2.24) is 4.98 Å². The summed E-state index contributed by atoms with van der Waals surface area (Å²) in [7, 11) is 0. The number of aliphatic hydroxyl groups is 1. The van der Waals surface area contributed by atoms with E-state index in [1.165, 1.54) is 11.3 Å². The summed E-state index contributed by atoms with van der Waals surface area (Å²) >= 11 is 1.33. The molecule has 10 nitrogen and oxygen atoms in total. The Morgan fingerprint density at radius 2 is 1.88 bits per heavy atom. The molecule has 0 bridgehead atoms. The monoisotopic (exact) mass is 806 g/mol. The number of carbonyl (C=O) groups is 4. The van der Waals surface area contributed by atoms with E-state index >= 15 is 0 Å². The Morgan fingerprint density at radius 1 is 1.20 bits per heavy atom. The third-order valence-corrected chi connectivity index (χ3v) is 9.20. The van der Waals surface area contributed by atoms with Crippen LogP contribution in [0.3, 0.4) is 0 Å². The van der Waals surface area contributed by atoms with Crippen molar-refractivity contribution in [2.24, 2.45) is 17.3 Å². The molecule has 0 spiro atoms. The second kappa shape index (κ2) is 15.5. The average molecular weight is 807 g/mol. The first-order valence-corrected chi connectivity index (χ1v) is 14.6. The molecule has 1 N–H and O–H groups in total. The molecule has 225 valence electrons. The van der Waals surface area contributed by atoms with Crippen molar-refractivity contribution in [3.8, 4) is 0 Å². The molecule has 0 saturated carbocycles. The van der Waals surface area contributed by atoms with Crippen LogP contribution in [0.15, 0.2) is 11.0 Å². The molecule has 2 aliphatic rings. The van der Waals surface area contributed by atoms with Gasteiger partial charge in [-0.2, -0.15) is 0 Å². The van der Waals surface area contributed by atoms with E-state index in [4.69, 9.17) is 18.9 Å². The van der Waals surface area contributed by atoms with Crippen LogP contribution in [0.5, 0.6) is 0 Å². The van der Waals surface area contributed by atoms with Crippen molar-refractivity contribution >= 4 is 42.1 Å². The van der Waals surface area contributed by atoms with Gasteiger partial charge < -0.3 is 24.1 Å². The molecule has 2 fully saturated rings. The quantitative estimate of drug-likeness (QED) is 0.186. The van der Waals surface area contributed by atoms with Crippen LogP contribution in [0.25, 0.3) is 6.08 Å². The van der Waals surface area contributed by atoms with Gasteiger partial charge in [0.15, 0.2) is 0 Å². The largest absolute Gasteiger partial charge is 0.464 e. The number of epoxide rings is 1. The van der Waals surface area contributed by atoms with Crippen LogP contribution in [0.4, 0.5) is 0 Å². The van der Waals surface area contributed by atoms with Crippen molar-refractivity contribution in [2.75, 3.05) is 0 Å². The number of hydrogen-bond acceptors (Lipinski definition) is 11. The summed E-state index contributed by atoms with van der Waals surface area (Å²) in [4.78, 5) is 54.1. The van der Waals surface area contributed by atoms with E-state index in [0.29, 0.717) is 30.0 Å². The van der Waals surface area contributed by atoms with E-state index in [2.05, 4.69) is 4.98 Å². The summed E-state index contributed by atoms with van der Waals surface area (Å²) in [6.07, 6.45) is 1.63. The molecular formula is C29H41AcNO9S. The Morgan fingerprint density at radius 3 is 2.49 bits per heavy atom. The van der Waals surface area contributed by atoms with Crippen LogP contribution >= 0.6 is 11.3 Å². The Bertz CT molecular complexity index is 1110. The number of cyclic esters (lactones) is 1. The van der Waals surface area contributed by atoms with Gasteiger partial charge >= 0.3 is 5.97 Å². The number of rotatable bonds is 7. The van der Waals surface area contributed by atoms with Crippen molar-refractivity contribution in [2.45, 2.75) is 110 Å². The molecule has 7 unspecified atom stereocenters. The number of ketones is 1. The van der Waals surface area contributed by atoms with Crippen molar-refractivity contribution in [3.05, 3.63) is 21.7 Å². The van der Waals surface area contributed by atoms with Crippen LogP contribution in [0.1, 0.15) is 84.3 Å². The number of esters is 1. The summed E-state index contributed by atoms with van der Waals surface area (Å²) in [5.74, 6) is -1.72. The normalized spacial score (nSPS) is 33.0. The van der Waals surface area contributed by atoms with E-state index < -0.39 is 35.6 Å². The van der Waals surface area contributed by atoms with Gasteiger partial charge in [0.1, 0.15) is 29.1 Å². The average Bonchev–Trinajstić information content (AvgIpc) is 3.30. The maximum Gasteiger partial charge on any atom is 0.310 e. The molecule has 1 radical (unpaired) electrons. The number of thiazole rings is 1.